The van der Waals surface area contributed by atoms with Crippen LogP contribution in [0.3, 0.4) is 0 Å². The smallest absolute Gasteiger partial charge is 0.363 e. The van der Waals surface area contributed by atoms with E-state index in [1.165, 1.54) is 24.6 Å². The van der Waals surface area contributed by atoms with Gasteiger partial charge in [-0.3, -0.25) is 4.79 Å². The number of amides is 1. The number of anilines is 1. The van der Waals surface area contributed by atoms with E-state index in [-0.39, 0.29) is 15.7 Å². The number of benzene rings is 1. The third kappa shape index (κ3) is 3.14. The molecule has 2 aromatic rings. The first-order chi connectivity index (χ1) is 8.88. The van der Waals surface area contributed by atoms with E-state index in [2.05, 4.69) is 30.9 Å². The van der Waals surface area contributed by atoms with Crippen molar-refractivity contribution in [2.75, 3.05) is 5.32 Å². The number of alkyl halides is 3. The van der Waals surface area contributed by atoms with Gasteiger partial charge in [-0.25, -0.2) is 0 Å². The molecule has 0 aliphatic carbocycles. The number of rotatable bonds is 2. The summed E-state index contributed by atoms with van der Waals surface area (Å²) in [5, 5.41) is 5.72. The van der Waals surface area contributed by atoms with Crippen molar-refractivity contribution < 1.29 is 22.5 Å². The Morgan fingerprint density at radius 2 is 2.11 bits per heavy atom. The summed E-state index contributed by atoms with van der Waals surface area (Å²) in [6, 6.07) is 3.22. The Labute approximate surface area is 113 Å². The topological polar surface area (TPSA) is 55.1 Å². The summed E-state index contributed by atoms with van der Waals surface area (Å²) in [4.78, 5) is 11.7. The number of nitrogens with one attached hydrogen (secondary N) is 1. The summed E-state index contributed by atoms with van der Waals surface area (Å²) >= 11 is 2.80. The van der Waals surface area contributed by atoms with Gasteiger partial charge in [0.15, 0.2) is 0 Å². The number of halogens is 4. The summed E-state index contributed by atoms with van der Waals surface area (Å²) in [6.45, 7) is 0. The van der Waals surface area contributed by atoms with Crippen molar-refractivity contribution in [3.8, 4) is 0 Å². The summed E-state index contributed by atoms with van der Waals surface area (Å²) in [5.74, 6) is -0.679. The Hall–Kier alpha value is -1.83. The van der Waals surface area contributed by atoms with Crippen molar-refractivity contribution in [3.05, 3.63) is 46.3 Å². The monoisotopic (exact) mass is 334 g/mol. The van der Waals surface area contributed by atoms with Crippen LogP contribution < -0.4 is 5.32 Å². The number of nitrogens with zero attached hydrogens (tertiary/aromatic N) is 1. The van der Waals surface area contributed by atoms with Gasteiger partial charge >= 0.3 is 6.18 Å². The zero-order chi connectivity index (χ0) is 14.0. The predicted octanol–water partition coefficient (Wildman–Crippen LogP) is 3.71. The fourth-order valence-electron chi connectivity index (χ4n) is 1.35. The average Bonchev–Trinajstić information content (AvgIpc) is 2.80. The third-order valence-corrected chi connectivity index (χ3v) is 2.92. The molecule has 1 amide bonds. The Balaban J connectivity index is 2.28. The molecule has 0 saturated heterocycles. The summed E-state index contributed by atoms with van der Waals surface area (Å²) in [6.07, 6.45) is -2.13. The first-order valence-electron chi connectivity index (χ1n) is 4.95. The van der Waals surface area contributed by atoms with Gasteiger partial charge in [0.25, 0.3) is 5.91 Å². The van der Waals surface area contributed by atoms with Crippen LogP contribution in [0.2, 0.25) is 0 Å². The maximum absolute atomic E-state index is 12.7. The summed E-state index contributed by atoms with van der Waals surface area (Å²) in [5.41, 5.74) is -0.760. The van der Waals surface area contributed by atoms with Gasteiger partial charge in [0.2, 0.25) is 0 Å². The molecule has 1 aromatic heterocycles. The van der Waals surface area contributed by atoms with Crippen LogP contribution in [0.4, 0.5) is 18.9 Å². The van der Waals surface area contributed by atoms with Gasteiger partial charge in [0.05, 0.1) is 11.8 Å². The predicted molar refractivity (Wildman–Crippen MR) is 63.6 cm³/mol. The van der Waals surface area contributed by atoms with Crippen molar-refractivity contribution >= 4 is 27.5 Å². The quantitative estimate of drug-likeness (QED) is 0.910. The van der Waals surface area contributed by atoms with E-state index in [0.29, 0.717) is 0 Å². The van der Waals surface area contributed by atoms with E-state index in [1.54, 1.807) is 0 Å². The average molecular weight is 335 g/mol. The minimum absolute atomic E-state index is 0.114. The lowest BCUT2D eigenvalue weighted by atomic mass is 10.1. The maximum atomic E-state index is 12.7. The number of aromatic nitrogens is 1. The molecule has 19 heavy (non-hydrogen) atoms. The lowest BCUT2D eigenvalue weighted by molar-refractivity contribution is -0.138. The number of carbonyl (C=O) groups is 1. The van der Waals surface area contributed by atoms with E-state index in [0.717, 1.165) is 6.07 Å². The lowest BCUT2D eigenvalue weighted by Gasteiger charge is -2.10. The van der Waals surface area contributed by atoms with E-state index < -0.39 is 17.6 Å². The van der Waals surface area contributed by atoms with Gasteiger partial charge in [-0.1, -0.05) is 21.1 Å². The van der Waals surface area contributed by atoms with Crippen molar-refractivity contribution in [1.29, 1.82) is 0 Å². The molecule has 0 radical (unpaired) electrons. The van der Waals surface area contributed by atoms with Crippen molar-refractivity contribution in [2.24, 2.45) is 0 Å². The molecule has 0 aliphatic rings. The molecular weight excluding hydrogens is 329 g/mol. The van der Waals surface area contributed by atoms with Gasteiger partial charge in [-0.05, 0) is 18.2 Å². The first kappa shape index (κ1) is 13.6. The minimum atomic E-state index is -4.54. The van der Waals surface area contributed by atoms with E-state index in [1.807, 2.05) is 0 Å². The van der Waals surface area contributed by atoms with Gasteiger partial charge in [0.1, 0.15) is 12.0 Å². The molecule has 0 fully saturated rings. The number of hydrogen-bond donors (Lipinski definition) is 1. The largest absolute Gasteiger partial charge is 0.417 e. The van der Waals surface area contributed by atoms with Crippen LogP contribution in [-0.2, 0) is 6.18 Å². The second-order valence-corrected chi connectivity index (χ2v) is 4.41. The Morgan fingerprint density at radius 3 is 2.68 bits per heavy atom. The molecule has 1 heterocycles. The minimum Gasteiger partial charge on any atom is -0.363 e. The van der Waals surface area contributed by atoms with Gasteiger partial charge in [-0.2, -0.15) is 13.2 Å². The zero-order valence-electron chi connectivity index (χ0n) is 9.16. The molecule has 8 heteroatoms. The molecule has 0 saturated carbocycles. The molecule has 2 rings (SSSR count). The Kier molecular flexibility index (Phi) is 3.61. The van der Waals surface area contributed by atoms with Gasteiger partial charge in [-0.15, -0.1) is 0 Å². The fourth-order valence-corrected chi connectivity index (χ4v) is 1.83. The molecule has 4 nitrogen and oxygen atoms in total. The Morgan fingerprint density at radius 1 is 1.37 bits per heavy atom. The number of hydrogen-bond acceptors (Lipinski definition) is 3. The van der Waals surface area contributed by atoms with E-state index in [4.69, 9.17) is 0 Å². The van der Waals surface area contributed by atoms with Crippen LogP contribution in [0.15, 0.2) is 39.7 Å². The lowest BCUT2D eigenvalue weighted by Crippen LogP contribution is -2.14. The number of carbonyl (C=O) groups excluding carboxylic acids is 1. The van der Waals surface area contributed by atoms with Crippen LogP contribution in [0.25, 0.3) is 0 Å². The highest BCUT2D eigenvalue weighted by molar-refractivity contribution is 9.10. The van der Waals surface area contributed by atoms with Crippen LogP contribution in [0.5, 0.6) is 0 Å². The van der Waals surface area contributed by atoms with E-state index in [9.17, 15) is 18.0 Å². The highest BCUT2D eigenvalue weighted by Crippen LogP contribution is 2.35. The molecule has 0 bridgehead atoms. The second kappa shape index (κ2) is 5.04. The first-order valence-corrected chi connectivity index (χ1v) is 5.74. The van der Waals surface area contributed by atoms with Crippen molar-refractivity contribution in [1.82, 2.24) is 5.16 Å². The zero-order valence-corrected chi connectivity index (χ0v) is 10.7. The van der Waals surface area contributed by atoms with Crippen LogP contribution in [0, 0.1) is 0 Å². The van der Waals surface area contributed by atoms with Gasteiger partial charge < -0.3 is 9.84 Å². The van der Waals surface area contributed by atoms with Crippen molar-refractivity contribution in [3.63, 3.8) is 0 Å². The molecule has 0 spiro atoms. The maximum Gasteiger partial charge on any atom is 0.417 e. The normalized spacial score (nSPS) is 11.4. The molecule has 0 unspecified atom stereocenters. The summed E-state index contributed by atoms with van der Waals surface area (Å²) < 4.78 is 42.4. The molecule has 1 N–H and O–H groups in total. The fraction of sp³-hybridized carbons (Fsp3) is 0.0909. The molecule has 0 atom stereocenters. The molecular formula is C11H6BrF3N2O2. The highest BCUT2D eigenvalue weighted by atomic mass is 79.9. The summed E-state index contributed by atoms with van der Waals surface area (Å²) in [7, 11) is 0. The van der Waals surface area contributed by atoms with Crippen LogP contribution >= 0.6 is 15.9 Å². The van der Waals surface area contributed by atoms with Crippen LogP contribution in [0.1, 0.15) is 15.9 Å². The third-order valence-electron chi connectivity index (χ3n) is 2.22. The second-order valence-electron chi connectivity index (χ2n) is 3.56. The van der Waals surface area contributed by atoms with Crippen molar-refractivity contribution in [2.45, 2.75) is 6.18 Å². The Bertz CT molecular complexity index is 596. The molecule has 100 valence electrons. The molecule has 0 aliphatic heterocycles. The SMILES string of the molecule is O=C(Nc1cnoc1)c1ccc(Br)c(C(F)(F)F)c1. The van der Waals surface area contributed by atoms with Crippen LogP contribution in [-0.4, -0.2) is 11.1 Å². The highest BCUT2D eigenvalue weighted by Gasteiger charge is 2.33. The standard InChI is InChI=1S/C11H6BrF3N2O2/c12-9-2-1-6(3-8(9)11(13,14)15)10(18)17-7-4-16-19-5-7/h1-5H,(H,17,18). The van der Waals surface area contributed by atoms with E-state index >= 15 is 0 Å². The van der Waals surface area contributed by atoms with Gasteiger partial charge in [0, 0.05) is 10.0 Å². The molecule has 1 aromatic carbocycles.